The first kappa shape index (κ1) is 19.2. The summed E-state index contributed by atoms with van der Waals surface area (Å²) < 4.78 is 0. The Kier molecular flexibility index (Phi) is 5.06. The molecule has 6 nitrogen and oxygen atoms in total. The summed E-state index contributed by atoms with van der Waals surface area (Å²) in [6, 6.07) is 19.2. The SMILES string of the molecule is N#Cc1ccccc1-c1ccccc1C(=O)N1CCN(c2ncnc3sccc23)CC1. The summed E-state index contributed by atoms with van der Waals surface area (Å²) in [4.78, 5) is 27.3. The zero-order chi connectivity index (χ0) is 21.2. The van der Waals surface area contributed by atoms with Crippen LogP contribution in [-0.4, -0.2) is 47.0 Å². The number of thiophene rings is 1. The van der Waals surface area contributed by atoms with E-state index >= 15 is 0 Å². The minimum absolute atomic E-state index is 0.00800. The molecule has 0 unspecified atom stereocenters. The lowest BCUT2D eigenvalue weighted by Crippen LogP contribution is -2.49. The number of hydrogen-bond acceptors (Lipinski definition) is 6. The molecule has 5 rings (SSSR count). The standard InChI is InChI=1S/C24H19N5OS/c25-15-17-5-1-2-6-18(17)19-7-3-4-8-20(19)24(30)29-12-10-28(11-13-29)22-21-9-14-31-23(21)27-16-26-22/h1-9,14,16H,10-13H2. The molecule has 3 heterocycles. The minimum atomic E-state index is -0.00800. The van der Waals surface area contributed by atoms with E-state index in [1.165, 1.54) is 0 Å². The van der Waals surface area contributed by atoms with Gasteiger partial charge in [-0.1, -0.05) is 36.4 Å². The lowest BCUT2D eigenvalue weighted by Gasteiger charge is -2.36. The van der Waals surface area contributed by atoms with Crippen molar-refractivity contribution in [3.63, 3.8) is 0 Å². The Morgan fingerprint density at radius 2 is 1.68 bits per heavy atom. The first-order valence-corrected chi connectivity index (χ1v) is 10.9. The molecule has 0 radical (unpaired) electrons. The van der Waals surface area contributed by atoms with Crippen molar-refractivity contribution in [1.82, 2.24) is 14.9 Å². The fraction of sp³-hybridized carbons (Fsp3) is 0.167. The fourth-order valence-corrected chi connectivity index (χ4v) is 4.77. The molecule has 2 aromatic heterocycles. The van der Waals surface area contributed by atoms with E-state index in [0.29, 0.717) is 37.3 Å². The van der Waals surface area contributed by atoms with Crippen molar-refractivity contribution in [3.8, 4) is 17.2 Å². The highest BCUT2D eigenvalue weighted by molar-refractivity contribution is 7.16. The van der Waals surface area contributed by atoms with Gasteiger partial charge in [-0.3, -0.25) is 4.79 Å². The molecule has 1 fully saturated rings. The first-order chi connectivity index (χ1) is 15.3. The van der Waals surface area contributed by atoms with Crippen molar-refractivity contribution in [1.29, 1.82) is 5.26 Å². The van der Waals surface area contributed by atoms with Crippen LogP contribution in [0.15, 0.2) is 66.3 Å². The lowest BCUT2D eigenvalue weighted by atomic mass is 9.95. The van der Waals surface area contributed by atoms with E-state index in [2.05, 4.69) is 27.0 Å². The molecule has 0 aliphatic carbocycles. The van der Waals surface area contributed by atoms with Gasteiger partial charge in [0.1, 0.15) is 17.0 Å². The van der Waals surface area contributed by atoms with Crippen LogP contribution in [0.4, 0.5) is 5.82 Å². The third kappa shape index (κ3) is 3.51. The molecule has 152 valence electrons. The van der Waals surface area contributed by atoms with Crippen LogP contribution in [0.5, 0.6) is 0 Å². The van der Waals surface area contributed by atoms with Crippen molar-refractivity contribution in [3.05, 3.63) is 77.4 Å². The number of amides is 1. The fourth-order valence-electron chi connectivity index (χ4n) is 4.04. The highest BCUT2D eigenvalue weighted by Crippen LogP contribution is 2.30. The van der Waals surface area contributed by atoms with Gasteiger partial charge in [-0.15, -0.1) is 11.3 Å². The van der Waals surface area contributed by atoms with Gasteiger partial charge in [0, 0.05) is 37.3 Å². The molecule has 31 heavy (non-hydrogen) atoms. The Hall–Kier alpha value is -3.76. The van der Waals surface area contributed by atoms with Crippen LogP contribution in [0, 0.1) is 11.3 Å². The molecule has 0 saturated carbocycles. The number of fused-ring (bicyclic) bond motifs is 1. The van der Waals surface area contributed by atoms with Crippen molar-refractivity contribution < 1.29 is 4.79 Å². The number of carbonyl (C=O) groups is 1. The Bertz CT molecular complexity index is 1300. The van der Waals surface area contributed by atoms with Crippen molar-refractivity contribution in [2.45, 2.75) is 0 Å². The Balaban J connectivity index is 1.38. The zero-order valence-corrected chi connectivity index (χ0v) is 17.5. The third-order valence-electron chi connectivity index (χ3n) is 5.60. The van der Waals surface area contributed by atoms with Gasteiger partial charge in [0.15, 0.2) is 0 Å². The van der Waals surface area contributed by atoms with Gasteiger partial charge in [0.25, 0.3) is 5.91 Å². The van der Waals surface area contributed by atoms with E-state index in [4.69, 9.17) is 0 Å². The number of anilines is 1. The largest absolute Gasteiger partial charge is 0.352 e. The summed E-state index contributed by atoms with van der Waals surface area (Å²) in [6.07, 6.45) is 1.61. The van der Waals surface area contributed by atoms with Crippen LogP contribution in [-0.2, 0) is 0 Å². The maximum Gasteiger partial charge on any atom is 0.254 e. The Labute approximate surface area is 184 Å². The number of piperazine rings is 1. The molecule has 0 spiro atoms. The lowest BCUT2D eigenvalue weighted by molar-refractivity contribution is 0.0747. The molecule has 0 N–H and O–H groups in total. The van der Waals surface area contributed by atoms with Gasteiger partial charge in [-0.05, 0) is 29.1 Å². The number of rotatable bonds is 3. The summed E-state index contributed by atoms with van der Waals surface area (Å²) in [5, 5.41) is 12.6. The molecular formula is C24H19N5OS. The molecule has 1 aliphatic rings. The zero-order valence-electron chi connectivity index (χ0n) is 16.7. The Morgan fingerprint density at radius 1 is 0.935 bits per heavy atom. The maximum absolute atomic E-state index is 13.4. The van der Waals surface area contributed by atoms with E-state index in [0.717, 1.165) is 27.2 Å². The van der Waals surface area contributed by atoms with E-state index in [9.17, 15) is 10.1 Å². The van der Waals surface area contributed by atoms with Crippen molar-refractivity contribution in [2.24, 2.45) is 0 Å². The molecule has 1 saturated heterocycles. The predicted octanol–water partition coefficient (Wildman–Crippen LogP) is 4.19. The van der Waals surface area contributed by atoms with Crippen LogP contribution in [0.25, 0.3) is 21.3 Å². The molecule has 1 aliphatic heterocycles. The number of benzene rings is 2. The normalized spacial score (nSPS) is 13.9. The van der Waals surface area contributed by atoms with Gasteiger partial charge >= 0.3 is 0 Å². The summed E-state index contributed by atoms with van der Waals surface area (Å²) >= 11 is 1.61. The van der Waals surface area contributed by atoms with Crippen molar-refractivity contribution >= 4 is 33.3 Å². The number of nitrogens with zero attached hydrogens (tertiary/aromatic N) is 5. The van der Waals surface area contributed by atoms with Crippen LogP contribution >= 0.6 is 11.3 Å². The molecule has 0 bridgehead atoms. The third-order valence-corrected chi connectivity index (χ3v) is 6.42. The van der Waals surface area contributed by atoms with Crippen LogP contribution in [0.2, 0.25) is 0 Å². The molecule has 2 aromatic carbocycles. The quantitative estimate of drug-likeness (QED) is 0.492. The maximum atomic E-state index is 13.4. The topological polar surface area (TPSA) is 73.1 Å². The smallest absolute Gasteiger partial charge is 0.254 e. The van der Waals surface area contributed by atoms with E-state index in [1.807, 2.05) is 52.7 Å². The van der Waals surface area contributed by atoms with E-state index in [-0.39, 0.29) is 5.91 Å². The van der Waals surface area contributed by atoms with E-state index in [1.54, 1.807) is 23.7 Å². The second kappa shape index (κ2) is 8.17. The molecule has 0 atom stereocenters. The van der Waals surface area contributed by atoms with Gasteiger partial charge in [0.2, 0.25) is 0 Å². The van der Waals surface area contributed by atoms with Crippen LogP contribution < -0.4 is 4.90 Å². The number of nitriles is 1. The highest BCUT2D eigenvalue weighted by atomic mass is 32.1. The van der Waals surface area contributed by atoms with Gasteiger partial charge < -0.3 is 9.80 Å². The Morgan fingerprint density at radius 3 is 2.48 bits per heavy atom. The second-order valence-corrected chi connectivity index (χ2v) is 8.21. The molecule has 1 amide bonds. The number of hydrogen-bond donors (Lipinski definition) is 0. The van der Waals surface area contributed by atoms with Crippen molar-refractivity contribution in [2.75, 3.05) is 31.1 Å². The summed E-state index contributed by atoms with van der Waals surface area (Å²) in [5.41, 5.74) is 2.77. The molecule has 4 aromatic rings. The average molecular weight is 426 g/mol. The van der Waals surface area contributed by atoms with E-state index < -0.39 is 0 Å². The highest BCUT2D eigenvalue weighted by Gasteiger charge is 2.26. The van der Waals surface area contributed by atoms with Crippen LogP contribution in [0.1, 0.15) is 15.9 Å². The molecule has 7 heteroatoms. The average Bonchev–Trinajstić information content (AvgIpc) is 3.33. The summed E-state index contributed by atoms with van der Waals surface area (Å²) in [6.45, 7) is 2.65. The van der Waals surface area contributed by atoms with Gasteiger partial charge in [-0.25, -0.2) is 9.97 Å². The first-order valence-electron chi connectivity index (χ1n) is 10.1. The number of aromatic nitrogens is 2. The molecular weight excluding hydrogens is 406 g/mol. The van der Waals surface area contributed by atoms with Gasteiger partial charge in [-0.2, -0.15) is 5.26 Å². The second-order valence-electron chi connectivity index (χ2n) is 7.32. The number of carbonyl (C=O) groups excluding carboxylic acids is 1. The minimum Gasteiger partial charge on any atom is -0.352 e. The predicted molar refractivity (Wildman–Crippen MR) is 122 cm³/mol. The van der Waals surface area contributed by atoms with Crippen LogP contribution in [0.3, 0.4) is 0 Å². The monoisotopic (exact) mass is 425 g/mol. The summed E-state index contributed by atoms with van der Waals surface area (Å²) in [7, 11) is 0. The van der Waals surface area contributed by atoms with Gasteiger partial charge in [0.05, 0.1) is 17.0 Å². The summed E-state index contributed by atoms with van der Waals surface area (Å²) in [5.74, 6) is 0.924.